The van der Waals surface area contributed by atoms with Gasteiger partial charge >= 0.3 is 0 Å². The Kier molecular flexibility index (Phi) is 4.62. The minimum Gasteiger partial charge on any atom is -0.353 e. The van der Waals surface area contributed by atoms with Gasteiger partial charge in [-0.05, 0) is 19.8 Å². The van der Waals surface area contributed by atoms with Crippen molar-refractivity contribution in [2.75, 3.05) is 13.2 Å². The highest BCUT2D eigenvalue weighted by Gasteiger charge is 2.22. The van der Waals surface area contributed by atoms with Crippen molar-refractivity contribution in [1.82, 2.24) is 0 Å². The van der Waals surface area contributed by atoms with E-state index in [1.54, 1.807) is 0 Å². The van der Waals surface area contributed by atoms with Crippen LogP contribution < -0.4 is 0 Å². The first kappa shape index (κ1) is 10.0. The molecule has 2 nitrogen and oxygen atoms in total. The largest absolute Gasteiger partial charge is 0.353 e. The fraction of sp³-hybridized carbons (Fsp3) is 1.00. The summed E-state index contributed by atoms with van der Waals surface area (Å²) in [5, 5.41) is 0. The van der Waals surface area contributed by atoms with E-state index in [0.717, 1.165) is 25.6 Å². The standard InChI is InChI=1S/C10H20O2/c1-3-11-10(12-4-2)8-9-6-5-7-9/h9-10H,3-8H2,1-2H3. The summed E-state index contributed by atoms with van der Waals surface area (Å²) in [6.45, 7) is 5.56. The molecule has 1 fully saturated rings. The zero-order chi connectivity index (χ0) is 8.81. The topological polar surface area (TPSA) is 18.5 Å². The average Bonchev–Trinajstić information content (AvgIpc) is 1.97. The second-order valence-corrected chi connectivity index (χ2v) is 3.37. The molecule has 0 heterocycles. The monoisotopic (exact) mass is 172 g/mol. The van der Waals surface area contributed by atoms with E-state index in [1.807, 2.05) is 13.8 Å². The second-order valence-electron chi connectivity index (χ2n) is 3.37. The van der Waals surface area contributed by atoms with E-state index in [2.05, 4.69) is 0 Å². The van der Waals surface area contributed by atoms with Crippen LogP contribution in [0.2, 0.25) is 0 Å². The van der Waals surface area contributed by atoms with Crippen molar-refractivity contribution in [1.29, 1.82) is 0 Å². The fourth-order valence-corrected chi connectivity index (χ4v) is 1.56. The van der Waals surface area contributed by atoms with Crippen LogP contribution in [0.15, 0.2) is 0 Å². The lowest BCUT2D eigenvalue weighted by Gasteiger charge is -2.29. The number of rotatable bonds is 6. The third-order valence-corrected chi connectivity index (χ3v) is 2.46. The average molecular weight is 172 g/mol. The van der Waals surface area contributed by atoms with Gasteiger partial charge in [0.25, 0.3) is 0 Å². The Balaban J connectivity index is 2.11. The summed E-state index contributed by atoms with van der Waals surface area (Å²) in [5.74, 6) is 0.869. The Morgan fingerprint density at radius 3 is 2.08 bits per heavy atom. The van der Waals surface area contributed by atoms with Crippen molar-refractivity contribution >= 4 is 0 Å². The third kappa shape index (κ3) is 3.11. The molecule has 2 heteroatoms. The highest BCUT2D eigenvalue weighted by atomic mass is 16.7. The molecular weight excluding hydrogens is 152 g/mol. The Hall–Kier alpha value is -0.0800. The molecule has 0 aromatic heterocycles. The van der Waals surface area contributed by atoms with Gasteiger partial charge in [-0.2, -0.15) is 0 Å². The Morgan fingerprint density at radius 1 is 1.17 bits per heavy atom. The molecule has 0 aromatic carbocycles. The number of hydrogen-bond acceptors (Lipinski definition) is 2. The Bertz CT molecular complexity index is 104. The predicted octanol–water partition coefficient (Wildman–Crippen LogP) is 2.58. The first-order valence-corrected chi connectivity index (χ1v) is 5.10. The maximum Gasteiger partial charge on any atom is 0.157 e. The van der Waals surface area contributed by atoms with Crippen LogP contribution in [0.1, 0.15) is 39.5 Å². The molecule has 0 aliphatic heterocycles. The normalized spacial score (nSPS) is 18.2. The van der Waals surface area contributed by atoms with Gasteiger partial charge in [0.15, 0.2) is 6.29 Å². The summed E-state index contributed by atoms with van der Waals surface area (Å²) in [4.78, 5) is 0. The lowest BCUT2D eigenvalue weighted by molar-refractivity contribution is -0.149. The molecule has 0 atom stereocenters. The van der Waals surface area contributed by atoms with Crippen LogP contribution >= 0.6 is 0 Å². The zero-order valence-corrected chi connectivity index (χ0v) is 8.21. The molecular formula is C10H20O2. The number of ether oxygens (including phenoxy) is 2. The lowest BCUT2D eigenvalue weighted by atomic mass is 9.83. The van der Waals surface area contributed by atoms with Crippen molar-refractivity contribution in [3.8, 4) is 0 Å². The molecule has 12 heavy (non-hydrogen) atoms. The van der Waals surface area contributed by atoms with Crippen LogP contribution in [0, 0.1) is 5.92 Å². The molecule has 0 N–H and O–H groups in total. The van der Waals surface area contributed by atoms with Gasteiger partial charge in [-0.3, -0.25) is 0 Å². The third-order valence-electron chi connectivity index (χ3n) is 2.46. The van der Waals surface area contributed by atoms with Gasteiger partial charge in [-0.15, -0.1) is 0 Å². The van der Waals surface area contributed by atoms with E-state index >= 15 is 0 Å². The molecule has 0 saturated heterocycles. The molecule has 1 saturated carbocycles. The molecule has 1 rings (SSSR count). The number of hydrogen-bond donors (Lipinski definition) is 0. The molecule has 0 radical (unpaired) electrons. The van der Waals surface area contributed by atoms with Crippen molar-refractivity contribution in [2.24, 2.45) is 5.92 Å². The van der Waals surface area contributed by atoms with E-state index in [4.69, 9.17) is 9.47 Å². The second kappa shape index (κ2) is 5.55. The van der Waals surface area contributed by atoms with Crippen LogP contribution in [-0.4, -0.2) is 19.5 Å². The molecule has 0 aromatic rings. The van der Waals surface area contributed by atoms with Crippen molar-refractivity contribution in [3.05, 3.63) is 0 Å². The van der Waals surface area contributed by atoms with Crippen LogP contribution in [0.25, 0.3) is 0 Å². The minimum atomic E-state index is 0.0605. The Labute approximate surface area is 75.2 Å². The van der Waals surface area contributed by atoms with Gasteiger partial charge in [0.1, 0.15) is 0 Å². The van der Waals surface area contributed by atoms with Gasteiger partial charge < -0.3 is 9.47 Å². The highest BCUT2D eigenvalue weighted by Crippen LogP contribution is 2.31. The summed E-state index contributed by atoms with van der Waals surface area (Å²) in [6, 6.07) is 0. The molecule has 0 spiro atoms. The lowest BCUT2D eigenvalue weighted by Crippen LogP contribution is -2.24. The first-order chi connectivity index (χ1) is 5.86. The fourth-order valence-electron chi connectivity index (χ4n) is 1.56. The predicted molar refractivity (Wildman–Crippen MR) is 49.0 cm³/mol. The van der Waals surface area contributed by atoms with Crippen LogP contribution in [-0.2, 0) is 9.47 Å². The van der Waals surface area contributed by atoms with Gasteiger partial charge in [0.2, 0.25) is 0 Å². The SMILES string of the molecule is CCOC(CC1CCC1)OCC. The van der Waals surface area contributed by atoms with Crippen molar-refractivity contribution in [2.45, 2.75) is 45.8 Å². The van der Waals surface area contributed by atoms with E-state index in [1.165, 1.54) is 19.3 Å². The van der Waals surface area contributed by atoms with E-state index in [0.29, 0.717) is 0 Å². The molecule has 1 aliphatic carbocycles. The van der Waals surface area contributed by atoms with Gasteiger partial charge in [0, 0.05) is 19.6 Å². The van der Waals surface area contributed by atoms with Crippen molar-refractivity contribution < 1.29 is 9.47 Å². The maximum atomic E-state index is 5.47. The smallest absolute Gasteiger partial charge is 0.157 e. The summed E-state index contributed by atoms with van der Waals surface area (Å²) >= 11 is 0. The summed E-state index contributed by atoms with van der Waals surface area (Å²) in [7, 11) is 0. The molecule has 72 valence electrons. The summed E-state index contributed by atoms with van der Waals surface area (Å²) in [5.41, 5.74) is 0. The minimum absolute atomic E-state index is 0.0605. The van der Waals surface area contributed by atoms with Gasteiger partial charge in [-0.25, -0.2) is 0 Å². The summed E-state index contributed by atoms with van der Waals surface area (Å²) < 4.78 is 10.9. The van der Waals surface area contributed by atoms with E-state index in [9.17, 15) is 0 Å². The highest BCUT2D eigenvalue weighted by molar-refractivity contribution is 4.70. The Morgan fingerprint density at radius 2 is 1.75 bits per heavy atom. The van der Waals surface area contributed by atoms with E-state index < -0.39 is 0 Å². The zero-order valence-electron chi connectivity index (χ0n) is 8.21. The van der Waals surface area contributed by atoms with Crippen LogP contribution in [0.3, 0.4) is 0 Å². The van der Waals surface area contributed by atoms with E-state index in [-0.39, 0.29) is 6.29 Å². The molecule has 0 bridgehead atoms. The quantitative estimate of drug-likeness (QED) is 0.573. The first-order valence-electron chi connectivity index (χ1n) is 5.10. The van der Waals surface area contributed by atoms with Gasteiger partial charge in [-0.1, -0.05) is 19.3 Å². The molecule has 0 unspecified atom stereocenters. The maximum absolute atomic E-state index is 5.47. The molecule has 1 aliphatic rings. The summed E-state index contributed by atoms with van der Waals surface area (Å²) in [6.07, 6.45) is 5.30. The van der Waals surface area contributed by atoms with Crippen LogP contribution in [0.5, 0.6) is 0 Å². The molecule has 0 amide bonds. The van der Waals surface area contributed by atoms with Crippen LogP contribution in [0.4, 0.5) is 0 Å². The van der Waals surface area contributed by atoms with Gasteiger partial charge in [0.05, 0.1) is 0 Å². The van der Waals surface area contributed by atoms with Crippen molar-refractivity contribution in [3.63, 3.8) is 0 Å².